The molecule has 2 N–H and O–H groups in total. The van der Waals surface area contributed by atoms with E-state index in [2.05, 4.69) is 22.1 Å². The Kier molecular flexibility index (Phi) is 5.67. The summed E-state index contributed by atoms with van der Waals surface area (Å²) in [6.45, 7) is 7.01. The van der Waals surface area contributed by atoms with E-state index in [4.69, 9.17) is 9.72 Å². The predicted octanol–water partition coefficient (Wildman–Crippen LogP) is 4.68. The number of ether oxygens (including phenoxy) is 1. The van der Waals surface area contributed by atoms with Gasteiger partial charge in [0, 0.05) is 12.1 Å². The van der Waals surface area contributed by atoms with Crippen LogP contribution < -0.4 is 10.6 Å². The molecule has 0 saturated heterocycles. The molecule has 3 aromatic rings. The number of nitrogens with zero attached hydrogens (tertiary/aromatic N) is 2. The molecule has 7 heteroatoms. The molecule has 0 aliphatic carbocycles. The highest BCUT2D eigenvalue weighted by Gasteiger charge is 2.28. The molecule has 1 amide bonds. The van der Waals surface area contributed by atoms with E-state index in [1.807, 2.05) is 38.1 Å². The summed E-state index contributed by atoms with van der Waals surface area (Å²) in [6, 6.07) is 11.2. The van der Waals surface area contributed by atoms with Gasteiger partial charge in [-0.05, 0) is 48.7 Å². The summed E-state index contributed by atoms with van der Waals surface area (Å²) in [7, 11) is 1.37. The van der Waals surface area contributed by atoms with Crippen LogP contribution in [0.25, 0.3) is 22.4 Å². The number of amides is 1. The van der Waals surface area contributed by atoms with Gasteiger partial charge in [-0.3, -0.25) is 4.79 Å². The molecule has 31 heavy (non-hydrogen) atoms. The second kappa shape index (κ2) is 8.41. The quantitative estimate of drug-likeness (QED) is 0.566. The first-order valence-corrected chi connectivity index (χ1v) is 10.7. The number of carbonyl (C=O) groups excluding carboxylic acids is 2. The fraction of sp³-hybridized carbons (Fsp3) is 0.375. The summed E-state index contributed by atoms with van der Waals surface area (Å²) < 4.78 is 7.03. The molecule has 0 radical (unpaired) electrons. The number of benzene rings is 2. The minimum absolute atomic E-state index is 0.0261. The van der Waals surface area contributed by atoms with Gasteiger partial charge >= 0.3 is 5.97 Å². The van der Waals surface area contributed by atoms with Crippen LogP contribution in [0, 0.1) is 5.92 Å². The van der Waals surface area contributed by atoms with Gasteiger partial charge in [-0.25, -0.2) is 9.78 Å². The Bertz CT molecular complexity index is 1150. The Labute approximate surface area is 181 Å². The summed E-state index contributed by atoms with van der Waals surface area (Å²) in [5.41, 5.74) is 4.76. The van der Waals surface area contributed by atoms with Crippen LogP contribution in [0.3, 0.4) is 0 Å². The van der Waals surface area contributed by atoms with E-state index >= 15 is 0 Å². The van der Waals surface area contributed by atoms with Gasteiger partial charge in [-0.1, -0.05) is 27.2 Å². The maximum Gasteiger partial charge on any atom is 0.337 e. The molecule has 2 aromatic carbocycles. The number of nitrogens with one attached hydrogen (secondary N) is 2. The van der Waals surface area contributed by atoms with Crippen LogP contribution in [0.5, 0.6) is 0 Å². The van der Waals surface area contributed by atoms with Gasteiger partial charge in [-0.15, -0.1) is 0 Å². The van der Waals surface area contributed by atoms with E-state index in [9.17, 15) is 9.59 Å². The number of rotatable bonds is 6. The Hall–Kier alpha value is -3.35. The first-order valence-electron chi connectivity index (χ1n) is 10.7. The average Bonchev–Trinajstić information content (AvgIpc) is 3.13. The fourth-order valence-electron chi connectivity index (χ4n) is 3.96. The first kappa shape index (κ1) is 20.9. The Morgan fingerprint density at radius 2 is 2.00 bits per heavy atom. The van der Waals surface area contributed by atoms with Crippen molar-refractivity contribution < 1.29 is 14.3 Å². The van der Waals surface area contributed by atoms with Gasteiger partial charge in [0.2, 0.25) is 5.91 Å². The number of aryl methyl sites for hydroxylation is 1. The van der Waals surface area contributed by atoms with Crippen LogP contribution in [-0.2, 0) is 16.1 Å². The van der Waals surface area contributed by atoms with Crippen LogP contribution in [0.4, 0.5) is 11.4 Å². The van der Waals surface area contributed by atoms with Crippen molar-refractivity contribution in [2.45, 2.75) is 46.2 Å². The lowest BCUT2D eigenvalue weighted by molar-refractivity contribution is -0.117. The Morgan fingerprint density at radius 3 is 2.71 bits per heavy atom. The number of methoxy groups -OCH3 is 1. The zero-order chi connectivity index (χ0) is 22.1. The van der Waals surface area contributed by atoms with Crippen molar-refractivity contribution in [2.75, 3.05) is 17.7 Å². The van der Waals surface area contributed by atoms with Gasteiger partial charge in [0.15, 0.2) is 0 Å². The van der Waals surface area contributed by atoms with Crippen LogP contribution in [0.2, 0.25) is 0 Å². The van der Waals surface area contributed by atoms with Crippen molar-refractivity contribution in [1.82, 2.24) is 9.55 Å². The van der Waals surface area contributed by atoms with Crippen LogP contribution in [0.15, 0.2) is 36.4 Å². The highest BCUT2D eigenvalue weighted by atomic mass is 16.5. The van der Waals surface area contributed by atoms with Crippen molar-refractivity contribution in [3.05, 3.63) is 42.0 Å². The number of fused-ring (bicyclic) bond motifs is 2. The molecule has 1 aliphatic heterocycles. The van der Waals surface area contributed by atoms with E-state index < -0.39 is 0 Å². The number of carbonyl (C=O) groups is 2. The summed E-state index contributed by atoms with van der Waals surface area (Å²) in [5, 5.41) is 6.37. The monoisotopic (exact) mass is 420 g/mol. The number of imidazole rings is 1. The van der Waals surface area contributed by atoms with E-state index in [0.29, 0.717) is 5.56 Å². The first-order chi connectivity index (χ1) is 14.9. The van der Waals surface area contributed by atoms with Crippen molar-refractivity contribution >= 4 is 34.3 Å². The minimum Gasteiger partial charge on any atom is -0.465 e. The van der Waals surface area contributed by atoms with Crippen molar-refractivity contribution in [3.8, 4) is 11.4 Å². The highest BCUT2D eigenvalue weighted by molar-refractivity contribution is 6.04. The molecule has 0 fully saturated rings. The fourth-order valence-corrected chi connectivity index (χ4v) is 3.96. The number of aromatic nitrogens is 2. The predicted molar refractivity (Wildman–Crippen MR) is 122 cm³/mol. The molecule has 7 nitrogen and oxygen atoms in total. The average molecular weight is 421 g/mol. The largest absolute Gasteiger partial charge is 0.465 e. The van der Waals surface area contributed by atoms with Crippen molar-refractivity contribution in [1.29, 1.82) is 0 Å². The molecule has 1 aromatic heterocycles. The highest BCUT2D eigenvalue weighted by Crippen LogP contribution is 2.34. The number of hydrogen-bond donors (Lipinski definition) is 2. The second-order valence-corrected chi connectivity index (χ2v) is 8.25. The molecule has 0 unspecified atom stereocenters. The number of anilines is 2. The number of esters is 1. The molecule has 1 atom stereocenters. The Balaban J connectivity index is 1.79. The normalized spacial score (nSPS) is 15.5. The Morgan fingerprint density at radius 1 is 1.19 bits per heavy atom. The molecule has 0 bridgehead atoms. The van der Waals surface area contributed by atoms with Gasteiger partial charge in [0.25, 0.3) is 0 Å². The van der Waals surface area contributed by atoms with Gasteiger partial charge < -0.3 is 19.9 Å². The van der Waals surface area contributed by atoms with Gasteiger partial charge in [0.05, 0.1) is 35.1 Å². The SMILES string of the molecule is CCCCn1c(-c2ccc3c(c2)NC(=O)[C@H](C(C)C)N3)nc2cc(C(=O)OC)ccc21. The van der Waals surface area contributed by atoms with E-state index in [1.54, 1.807) is 12.1 Å². The summed E-state index contributed by atoms with van der Waals surface area (Å²) in [6.07, 6.45) is 2.07. The smallest absolute Gasteiger partial charge is 0.337 e. The maximum atomic E-state index is 12.5. The maximum absolute atomic E-state index is 12.5. The van der Waals surface area contributed by atoms with E-state index in [-0.39, 0.29) is 23.8 Å². The third kappa shape index (κ3) is 3.87. The third-order valence-electron chi connectivity index (χ3n) is 5.70. The zero-order valence-corrected chi connectivity index (χ0v) is 18.4. The van der Waals surface area contributed by atoms with Crippen molar-refractivity contribution in [2.24, 2.45) is 5.92 Å². The lowest BCUT2D eigenvalue weighted by Gasteiger charge is -2.29. The minimum atomic E-state index is -0.381. The van der Waals surface area contributed by atoms with Crippen LogP contribution in [0.1, 0.15) is 44.0 Å². The molecular weight excluding hydrogens is 392 g/mol. The molecule has 2 heterocycles. The molecule has 1 aliphatic rings. The lowest BCUT2D eigenvalue weighted by atomic mass is 9.99. The van der Waals surface area contributed by atoms with E-state index in [0.717, 1.165) is 53.2 Å². The number of unbranched alkanes of at least 4 members (excludes halogenated alkanes) is 1. The third-order valence-corrected chi connectivity index (χ3v) is 5.70. The standard InChI is InChI=1S/C24H28N4O3/c1-5-6-11-28-20-10-8-16(24(30)31-4)13-19(20)26-22(28)15-7-9-17-18(12-15)27-23(29)21(25-17)14(2)3/h7-10,12-14,21,25H,5-6,11H2,1-4H3,(H,27,29)/t21-/m0/s1. The molecular formula is C24H28N4O3. The topological polar surface area (TPSA) is 85.3 Å². The molecule has 0 spiro atoms. The number of hydrogen-bond acceptors (Lipinski definition) is 5. The van der Waals surface area contributed by atoms with Crippen LogP contribution in [-0.4, -0.2) is 34.6 Å². The van der Waals surface area contributed by atoms with Crippen molar-refractivity contribution in [3.63, 3.8) is 0 Å². The van der Waals surface area contributed by atoms with Gasteiger partial charge in [-0.2, -0.15) is 0 Å². The summed E-state index contributed by atoms with van der Waals surface area (Å²) >= 11 is 0. The molecule has 4 rings (SSSR count). The lowest BCUT2D eigenvalue weighted by Crippen LogP contribution is -2.42. The summed E-state index contributed by atoms with van der Waals surface area (Å²) in [5.74, 6) is 0.597. The van der Waals surface area contributed by atoms with E-state index in [1.165, 1.54) is 7.11 Å². The molecule has 0 saturated carbocycles. The van der Waals surface area contributed by atoms with Gasteiger partial charge in [0.1, 0.15) is 11.9 Å². The zero-order valence-electron chi connectivity index (χ0n) is 18.4. The second-order valence-electron chi connectivity index (χ2n) is 8.25. The molecule has 162 valence electrons. The summed E-state index contributed by atoms with van der Waals surface area (Å²) in [4.78, 5) is 29.3. The van der Waals surface area contributed by atoms with Crippen LogP contribution >= 0.6 is 0 Å².